The molecule has 100 valence electrons. The van der Waals surface area contributed by atoms with Crippen LogP contribution in [0.3, 0.4) is 0 Å². The topological polar surface area (TPSA) is 29.3 Å². The Morgan fingerprint density at radius 1 is 0.947 bits per heavy atom. The van der Waals surface area contributed by atoms with Gasteiger partial charge in [0.2, 0.25) is 0 Å². The van der Waals surface area contributed by atoms with Crippen LogP contribution in [0.1, 0.15) is 18.9 Å². The van der Waals surface area contributed by atoms with E-state index in [9.17, 15) is 0 Å². The Hall–Kier alpha value is -1.80. The molecule has 2 nitrogen and oxygen atoms in total. The summed E-state index contributed by atoms with van der Waals surface area (Å²) in [4.78, 5) is 2.18. The fraction of sp³-hybridized carbons (Fsp3) is 0.294. The predicted molar refractivity (Wildman–Crippen MR) is 82.9 cm³/mol. The number of nitrogens with two attached hydrogens (primary N) is 1. The first kappa shape index (κ1) is 13.6. The molecule has 2 rings (SSSR count). The average Bonchev–Trinajstić information content (AvgIpc) is 2.48. The van der Waals surface area contributed by atoms with Gasteiger partial charge in [-0.25, -0.2) is 0 Å². The van der Waals surface area contributed by atoms with Gasteiger partial charge in [-0.2, -0.15) is 0 Å². The van der Waals surface area contributed by atoms with Crippen molar-refractivity contribution in [3.05, 3.63) is 60.2 Å². The first-order chi connectivity index (χ1) is 9.20. The van der Waals surface area contributed by atoms with Crippen molar-refractivity contribution in [1.29, 1.82) is 0 Å². The van der Waals surface area contributed by atoms with E-state index in [-0.39, 0.29) is 6.04 Å². The predicted octanol–water partition coefficient (Wildman–Crippen LogP) is 3.73. The number of rotatable bonds is 5. The molecule has 0 spiro atoms. The molecule has 0 radical (unpaired) electrons. The van der Waals surface area contributed by atoms with Gasteiger partial charge in [0.1, 0.15) is 0 Å². The van der Waals surface area contributed by atoms with Crippen LogP contribution in [0.15, 0.2) is 54.6 Å². The first-order valence-corrected chi connectivity index (χ1v) is 6.84. The number of hydrogen-bond acceptors (Lipinski definition) is 2. The fourth-order valence-corrected chi connectivity index (χ4v) is 2.10. The Morgan fingerprint density at radius 3 is 2.11 bits per heavy atom. The van der Waals surface area contributed by atoms with E-state index in [0.717, 1.165) is 12.8 Å². The number of nitrogens with zero attached hydrogens (tertiary/aromatic N) is 1. The maximum atomic E-state index is 5.98. The second-order valence-electron chi connectivity index (χ2n) is 4.93. The Bertz CT molecular complexity index is 490. The summed E-state index contributed by atoms with van der Waals surface area (Å²) >= 11 is 0. The van der Waals surface area contributed by atoms with Crippen LogP contribution in [0, 0.1) is 0 Å². The molecule has 0 saturated heterocycles. The van der Waals surface area contributed by atoms with Crippen LogP contribution in [-0.2, 0) is 6.42 Å². The van der Waals surface area contributed by atoms with Crippen LogP contribution in [0.25, 0.3) is 0 Å². The lowest BCUT2D eigenvalue weighted by atomic mass is 10.0. The third-order valence-electron chi connectivity index (χ3n) is 3.49. The fourth-order valence-electron chi connectivity index (χ4n) is 2.10. The molecule has 1 atom stereocenters. The first-order valence-electron chi connectivity index (χ1n) is 6.84. The van der Waals surface area contributed by atoms with Crippen LogP contribution in [0.5, 0.6) is 0 Å². The van der Waals surface area contributed by atoms with Gasteiger partial charge < -0.3 is 10.6 Å². The van der Waals surface area contributed by atoms with Gasteiger partial charge in [-0.15, -0.1) is 0 Å². The van der Waals surface area contributed by atoms with E-state index in [2.05, 4.69) is 67.4 Å². The summed E-state index contributed by atoms with van der Waals surface area (Å²) in [6.07, 6.45) is 1.97. The summed E-state index contributed by atoms with van der Waals surface area (Å²) in [6, 6.07) is 19.3. The minimum absolute atomic E-state index is 0.262. The van der Waals surface area contributed by atoms with E-state index in [4.69, 9.17) is 5.73 Å². The van der Waals surface area contributed by atoms with E-state index < -0.39 is 0 Å². The van der Waals surface area contributed by atoms with Crippen molar-refractivity contribution < 1.29 is 0 Å². The molecule has 2 aromatic rings. The number of hydrogen-bond donors (Lipinski definition) is 1. The van der Waals surface area contributed by atoms with E-state index in [1.165, 1.54) is 16.9 Å². The molecule has 0 fully saturated rings. The molecule has 0 saturated carbocycles. The van der Waals surface area contributed by atoms with Gasteiger partial charge in [0.15, 0.2) is 0 Å². The van der Waals surface area contributed by atoms with Gasteiger partial charge >= 0.3 is 0 Å². The van der Waals surface area contributed by atoms with Crippen molar-refractivity contribution >= 4 is 11.4 Å². The van der Waals surface area contributed by atoms with Crippen LogP contribution >= 0.6 is 0 Å². The SMILES string of the molecule is CCC(N)Cc1ccc(N(C)c2ccccc2)cc1. The van der Waals surface area contributed by atoms with E-state index in [1.807, 2.05) is 6.07 Å². The Morgan fingerprint density at radius 2 is 1.53 bits per heavy atom. The molecular weight excluding hydrogens is 232 g/mol. The molecule has 0 aliphatic rings. The molecule has 2 N–H and O–H groups in total. The molecule has 0 heterocycles. The third-order valence-corrected chi connectivity index (χ3v) is 3.49. The molecule has 1 unspecified atom stereocenters. The van der Waals surface area contributed by atoms with Gasteiger partial charge in [0.25, 0.3) is 0 Å². The number of anilines is 2. The highest BCUT2D eigenvalue weighted by Crippen LogP contribution is 2.23. The normalized spacial score (nSPS) is 12.2. The van der Waals surface area contributed by atoms with Crippen LogP contribution in [0.4, 0.5) is 11.4 Å². The molecule has 0 aromatic heterocycles. The summed E-state index contributed by atoms with van der Waals surface area (Å²) in [5, 5.41) is 0. The molecular formula is C17H22N2. The van der Waals surface area contributed by atoms with Crippen molar-refractivity contribution in [2.75, 3.05) is 11.9 Å². The average molecular weight is 254 g/mol. The van der Waals surface area contributed by atoms with Crippen LogP contribution in [-0.4, -0.2) is 13.1 Å². The van der Waals surface area contributed by atoms with Gasteiger partial charge in [0, 0.05) is 24.5 Å². The highest BCUT2D eigenvalue weighted by molar-refractivity contribution is 5.62. The van der Waals surface area contributed by atoms with Crippen molar-refractivity contribution in [3.63, 3.8) is 0 Å². The standard InChI is InChI=1S/C17H22N2/c1-3-15(18)13-14-9-11-17(12-10-14)19(2)16-7-5-4-6-8-16/h4-12,15H,3,13,18H2,1-2H3. The van der Waals surface area contributed by atoms with Gasteiger partial charge in [0.05, 0.1) is 0 Å². The van der Waals surface area contributed by atoms with E-state index in [0.29, 0.717) is 0 Å². The second-order valence-corrected chi connectivity index (χ2v) is 4.93. The molecule has 19 heavy (non-hydrogen) atoms. The zero-order chi connectivity index (χ0) is 13.7. The van der Waals surface area contributed by atoms with Crippen molar-refractivity contribution in [3.8, 4) is 0 Å². The van der Waals surface area contributed by atoms with E-state index >= 15 is 0 Å². The van der Waals surface area contributed by atoms with Gasteiger partial charge in [-0.05, 0) is 42.7 Å². The molecule has 0 amide bonds. The van der Waals surface area contributed by atoms with Crippen molar-refractivity contribution in [2.45, 2.75) is 25.8 Å². The maximum Gasteiger partial charge on any atom is 0.0408 e. The van der Waals surface area contributed by atoms with Crippen molar-refractivity contribution in [1.82, 2.24) is 0 Å². The second kappa shape index (κ2) is 6.39. The zero-order valence-corrected chi connectivity index (χ0v) is 11.7. The molecule has 2 aromatic carbocycles. The summed E-state index contributed by atoms with van der Waals surface area (Å²) < 4.78 is 0. The lowest BCUT2D eigenvalue weighted by Crippen LogP contribution is -2.21. The minimum Gasteiger partial charge on any atom is -0.345 e. The van der Waals surface area contributed by atoms with Crippen LogP contribution in [0.2, 0.25) is 0 Å². The highest BCUT2D eigenvalue weighted by Gasteiger charge is 2.05. The lowest BCUT2D eigenvalue weighted by molar-refractivity contribution is 0.646. The Kier molecular flexibility index (Phi) is 4.58. The molecule has 2 heteroatoms. The minimum atomic E-state index is 0.262. The number of para-hydroxylation sites is 1. The highest BCUT2D eigenvalue weighted by atomic mass is 15.1. The largest absolute Gasteiger partial charge is 0.345 e. The lowest BCUT2D eigenvalue weighted by Gasteiger charge is -2.20. The summed E-state index contributed by atoms with van der Waals surface area (Å²) in [6.45, 7) is 2.13. The van der Waals surface area contributed by atoms with Gasteiger partial charge in [-0.3, -0.25) is 0 Å². The molecule has 0 bridgehead atoms. The molecule has 0 aliphatic heterocycles. The van der Waals surface area contributed by atoms with Crippen molar-refractivity contribution in [2.24, 2.45) is 5.73 Å². The Labute approximate surface area is 115 Å². The summed E-state index contributed by atoms with van der Waals surface area (Å²) in [5.41, 5.74) is 9.68. The zero-order valence-electron chi connectivity index (χ0n) is 11.7. The quantitative estimate of drug-likeness (QED) is 0.880. The smallest absolute Gasteiger partial charge is 0.0408 e. The number of benzene rings is 2. The molecule has 0 aliphatic carbocycles. The Balaban J connectivity index is 2.10. The van der Waals surface area contributed by atoms with Gasteiger partial charge in [-0.1, -0.05) is 37.3 Å². The van der Waals surface area contributed by atoms with Crippen LogP contribution < -0.4 is 10.6 Å². The maximum absolute atomic E-state index is 5.98. The third kappa shape index (κ3) is 3.58. The summed E-state index contributed by atoms with van der Waals surface area (Å²) in [7, 11) is 2.09. The summed E-state index contributed by atoms with van der Waals surface area (Å²) in [5.74, 6) is 0. The van der Waals surface area contributed by atoms with E-state index in [1.54, 1.807) is 0 Å². The monoisotopic (exact) mass is 254 g/mol.